The predicted molar refractivity (Wildman–Crippen MR) is 68.4 cm³/mol. The summed E-state index contributed by atoms with van der Waals surface area (Å²) in [4.78, 5) is 4.28. The lowest BCUT2D eigenvalue weighted by molar-refractivity contribution is -0.140. The van der Waals surface area contributed by atoms with Crippen molar-refractivity contribution < 1.29 is 22.3 Å². The third-order valence-electron chi connectivity index (χ3n) is 3.81. The second-order valence-electron chi connectivity index (χ2n) is 5.39. The van der Waals surface area contributed by atoms with Crippen LogP contribution in [0.5, 0.6) is 0 Å². The lowest BCUT2D eigenvalue weighted by atomic mass is 9.98. The lowest BCUT2D eigenvalue weighted by Gasteiger charge is -2.16. The maximum Gasteiger partial charge on any atom is 0.419 e. The number of nitrogens with two attached hydrogens (primary N) is 1. The van der Waals surface area contributed by atoms with Crippen LogP contribution in [0.2, 0.25) is 0 Å². The van der Waals surface area contributed by atoms with Gasteiger partial charge < -0.3 is 10.5 Å². The van der Waals surface area contributed by atoms with Crippen molar-refractivity contribution in [2.45, 2.75) is 43.7 Å². The SMILES string of the molecule is NC1=N[C@@H](CCc2ccc(F)c(C(F)(F)F)c2)CC2OC12. The first-order valence-corrected chi connectivity index (χ1v) is 6.69. The number of epoxide rings is 1. The van der Waals surface area contributed by atoms with Gasteiger partial charge in [0, 0.05) is 0 Å². The van der Waals surface area contributed by atoms with E-state index in [-0.39, 0.29) is 18.2 Å². The molecule has 2 aliphatic rings. The van der Waals surface area contributed by atoms with Crippen molar-refractivity contribution in [2.75, 3.05) is 0 Å². The molecule has 1 aromatic rings. The van der Waals surface area contributed by atoms with Crippen molar-refractivity contribution in [3.63, 3.8) is 0 Å². The molecule has 0 aliphatic carbocycles. The molecule has 2 unspecified atom stereocenters. The number of alkyl halides is 3. The van der Waals surface area contributed by atoms with Crippen molar-refractivity contribution in [3.05, 3.63) is 35.1 Å². The van der Waals surface area contributed by atoms with E-state index in [1.165, 1.54) is 6.07 Å². The van der Waals surface area contributed by atoms with Crippen LogP contribution in [-0.4, -0.2) is 24.1 Å². The molecule has 3 rings (SSSR count). The number of aryl methyl sites for hydroxylation is 1. The number of rotatable bonds is 3. The summed E-state index contributed by atoms with van der Waals surface area (Å²) in [7, 11) is 0. The summed E-state index contributed by atoms with van der Waals surface area (Å²) in [6.45, 7) is 0. The average molecular weight is 302 g/mol. The first kappa shape index (κ1) is 14.3. The van der Waals surface area contributed by atoms with Gasteiger partial charge in [-0.25, -0.2) is 4.39 Å². The van der Waals surface area contributed by atoms with E-state index in [0.717, 1.165) is 18.6 Å². The molecule has 0 spiro atoms. The van der Waals surface area contributed by atoms with Gasteiger partial charge in [0.1, 0.15) is 17.8 Å². The quantitative estimate of drug-likeness (QED) is 0.689. The van der Waals surface area contributed by atoms with Gasteiger partial charge in [0.25, 0.3) is 0 Å². The topological polar surface area (TPSA) is 50.9 Å². The summed E-state index contributed by atoms with van der Waals surface area (Å²) in [6.07, 6.45) is -2.95. The molecule has 0 aromatic heterocycles. The highest BCUT2D eigenvalue weighted by Gasteiger charge is 2.46. The molecule has 0 bridgehead atoms. The van der Waals surface area contributed by atoms with Gasteiger partial charge in [0.05, 0.1) is 17.7 Å². The van der Waals surface area contributed by atoms with Crippen LogP contribution in [0.25, 0.3) is 0 Å². The van der Waals surface area contributed by atoms with E-state index in [4.69, 9.17) is 10.5 Å². The zero-order valence-corrected chi connectivity index (χ0v) is 11.0. The fourth-order valence-electron chi connectivity index (χ4n) is 2.65. The number of benzene rings is 1. The van der Waals surface area contributed by atoms with Crippen LogP contribution in [0.4, 0.5) is 17.6 Å². The molecular weight excluding hydrogens is 288 g/mol. The molecule has 1 aromatic carbocycles. The number of fused-ring (bicyclic) bond motifs is 1. The number of halogens is 4. The van der Waals surface area contributed by atoms with Gasteiger partial charge in [-0.05, 0) is 37.0 Å². The Bertz CT molecular complexity index is 585. The molecule has 0 saturated carbocycles. The Kier molecular flexibility index (Phi) is 3.39. The minimum absolute atomic E-state index is 0.0480. The third kappa shape index (κ3) is 3.02. The number of nitrogens with zero attached hydrogens (tertiary/aromatic N) is 1. The summed E-state index contributed by atoms with van der Waals surface area (Å²) in [5.74, 6) is -0.785. The first-order chi connectivity index (χ1) is 9.84. The van der Waals surface area contributed by atoms with E-state index in [2.05, 4.69) is 4.99 Å². The van der Waals surface area contributed by atoms with Gasteiger partial charge in [-0.1, -0.05) is 6.07 Å². The Hall–Kier alpha value is -1.63. The maximum atomic E-state index is 13.2. The monoisotopic (exact) mass is 302 g/mol. The van der Waals surface area contributed by atoms with E-state index in [9.17, 15) is 17.6 Å². The molecule has 2 aliphatic heterocycles. The van der Waals surface area contributed by atoms with Crippen LogP contribution in [-0.2, 0) is 17.3 Å². The standard InChI is InChI=1S/C14H14F4N2O/c15-10-4-2-7(5-9(10)14(16,17)18)1-3-8-6-11-12(21-11)13(19)20-8/h2,4-5,8,11-12H,1,3,6H2,(H2,19,20)/t8-,11?,12?/m0/s1. The van der Waals surface area contributed by atoms with Crippen LogP contribution in [0.1, 0.15) is 24.0 Å². The highest BCUT2D eigenvalue weighted by Crippen LogP contribution is 2.34. The van der Waals surface area contributed by atoms with E-state index in [1.807, 2.05) is 0 Å². The first-order valence-electron chi connectivity index (χ1n) is 6.69. The molecule has 0 amide bonds. The number of ether oxygens (including phenoxy) is 1. The van der Waals surface area contributed by atoms with Gasteiger partial charge in [0.2, 0.25) is 0 Å². The number of aliphatic imine (C=N–C) groups is 1. The molecule has 7 heteroatoms. The summed E-state index contributed by atoms with van der Waals surface area (Å²) in [6, 6.07) is 3.04. The minimum atomic E-state index is -4.68. The molecule has 2 N–H and O–H groups in total. The molecule has 1 fully saturated rings. The number of hydrogen-bond donors (Lipinski definition) is 1. The lowest BCUT2D eigenvalue weighted by Crippen LogP contribution is -2.29. The summed E-state index contributed by atoms with van der Waals surface area (Å²) in [5.41, 5.74) is 4.92. The predicted octanol–water partition coefficient (Wildman–Crippen LogP) is 2.67. The Balaban J connectivity index is 1.67. The number of hydrogen-bond acceptors (Lipinski definition) is 3. The molecule has 3 atom stereocenters. The summed E-state index contributed by atoms with van der Waals surface area (Å²) < 4.78 is 56.4. The Morgan fingerprint density at radius 1 is 1.33 bits per heavy atom. The minimum Gasteiger partial charge on any atom is -0.385 e. The normalized spacial score (nSPS) is 28.0. The van der Waals surface area contributed by atoms with Crippen LogP contribution >= 0.6 is 0 Å². The Morgan fingerprint density at radius 2 is 2.10 bits per heavy atom. The van der Waals surface area contributed by atoms with Gasteiger partial charge >= 0.3 is 6.18 Å². The Morgan fingerprint density at radius 3 is 2.76 bits per heavy atom. The summed E-state index contributed by atoms with van der Waals surface area (Å²) >= 11 is 0. The molecule has 1 saturated heterocycles. The zero-order chi connectivity index (χ0) is 15.2. The molecule has 3 nitrogen and oxygen atoms in total. The zero-order valence-electron chi connectivity index (χ0n) is 11.0. The second-order valence-corrected chi connectivity index (χ2v) is 5.39. The molecular formula is C14H14F4N2O. The van der Waals surface area contributed by atoms with E-state index in [1.54, 1.807) is 0 Å². The van der Waals surface area contributed by atoms with Gasteiger partial charge in [-0.3, -0.25) is 4.99 Å². The number of amidine groups is 1. The van der Waals surface area contributed by atoms with Crippen molar-refractivity contribution in [3.8, 4) is 0 Å². The van der Waals surface area contributed by atoms with Crippen molar-refractivity contribution in [2.24, 2.45) is 10.7 Å². The smallest absolute Gasteiger partial charge is 0.385 e. The van der Waals surface area contributed by atoms with E-state index < -0.39 is 17.6 Å². The van der Waals surface area contributed by atoms with Gasteiger partial charge in [-0.2, -0.15) is 13.2 Å². The highest BCUT2D eigenvalue weighted by molar-refractivity contribution is 5.88. The summed E-state index contributed by atoms with van der Waals surface area (Å²) in [5, 5.41) is 0. The van der Waals surface area contributed by atoms with Gasteiger partial charge in [-0.15, -0.1) is 0 Å². The molecule has 2 heterocycles. The third-order valence-corrected chi connectivity index (χ3v) is 3.81. The largest absolute Gasteiger partial charge is 0.419 e. The van der Waals surface area contributed by atoms with Crippen LogP contribution < -0.4 is 5.73 Å². The fourth-order valence-corrected chi connectivity index (χ4v) is 2.65. The average Bonchev–Trinajstić information content (AvgIpc) is 3.16. The van der Waals surface area contributed by atoms with Gasteiger partial charge in [0.15, 0.2) is 0 Å². The Labute approximate surface area is 118 Å². The fraction of sp³-hybridized carbons (Fsp3) is 0.500. The van der Waals surface area contributed by atoms with Crippen LogP contribution in [0, 0.1) is 5.82 Å². The molecule has 0 radical (unpaired) electrons. The van der Waals surface area contributed by atoms with Crippen molar-refractivity contribution in [1.82, 2.24) is 0 Å². The second kappa shape index (κ2) is 4.98. The molecule has 21 heavy (non-hydrogen) atoms. The van der Waals surface area contributed by atoms with Crippen molar-refractivity contribution in [1.29, 1.82) is 0 Å². The maximum absolute atomic E-state index is 13.2. The highest BCUT2D eigenvalue weighted by atomic mass is 19.4. The molecule has 114 valence electrons. The van der Waals surface area contributed by atoms with Crippen LogP contribution in [0.15, 0.2) is 23.2 Å². The van der Waals surface area contributed by atoms with E-state index >= 15 is 0 Å². The van der Waals surface area contributed by atoms with Crippen molar-refractivity contribution >= 4 is 5.84 Å². The van der Waals surface area contributed by atoms with Crippen LogP contribution in [0.3, 0.4) is 0 Å². The van der Waals surface area contributed by atoms with E-state index in [0.29, 0.717) is 24.2 Å².